The maximum absolute atomic E-state index is 7.50. The number of hydrogen-bond donors (Lipinski definition) is 0. The topological polar surface area (TPSA) is 103 Å². The van der Waals surface area contributed by atoms with Crippen LogP contribution < -0.4 is 0 Å². The molecule has 0 aromatic carbocycles. The Balaban J connectivity index is -0.0000000214. The molecule has 0 bridgehead atoms. The van der Waals surface area contributed by atoms with E-state index in [9.17, 15) is 0 Å². The third-order valence-electron chi connectivity index (χ3n) is 0.630. The molecule has 7 heteroatoms. The van der Waals surface area contributed by atoms with Gasteiger partial charge in [-0.05, 0) is 0 Å². The summed E-state index contributed by atoms with van der Waals surface area (Å²) in [5.41, 5.74) is 0. The molecule has 0 N–H and O–H groups in total. The van der Waals surface area contributed by atoms with E-state index >= 15 is 0 Å². The van der Waals surface area contributed by atoms with Crippen molar-refractivity contribution in [2.45, 2.75) is 6.92 Å². The van der Waals surface area contributed by atoms with Crippen LogP contribution in [0.4, 0.5) is 0 Å². The normalized spacial score (nSPS) is 4.12. The zero-order chi connectivity index (χ0) is 15.2. The Labute approximate surface area is 103 Å². The summed E-state index contributed by atoms with van der Waals surface area (Å²) in [6.07, 6.45) is 0. The van der Waals surface area contributed by atoms with E-state index in [2.05, 4.69) is 49.1 Å². The minimum atomic E-state index is 1.22. The minimum absolute atomic E-state index is 1.22. The van der Waals surface area contributed by atoms with Crippen LogP contribution in [0.3, 0.4) is 0 Å². The van der Waals surface area contributed by atoms with Crippen LogP contribution in [0.5, 0.6) is 0 Å². The second-order valence-corrected chi connectivity index (χ2v) is 2.34. The van der Waals surface area contributed by atoms with Gasteiger partial charge in [-0.15, -0.1) is 0 Å². The third-order valence-corrected chi connectivity index (χ3v) is 1.20. The molecule has 0 atom stereocenters. The average molecular weight is 263 g/mol. The molecule has 0 amide bonds. The van der Waals surface area contributed by atoms with Crippen molar-refractivity contribution in [2.75, 3.05) is 14.1 Å². The van der Waals surface area contributed by atoms with E-state index in [0.29, 0.717) is 0 Å². The van der Waals surface area contributed by atoms with Crippen LogP contribution in [0.1, 0.15) is 6.92 Å². The second-order valence-electron chi connectivity index (χ2n) is 1.41. The summed E-state index contributed by atoms with van der Waals surface area (Å²) in [5, 5.41) is 0. The van der Waals surface area contributed by atoms with E-state index in [0.717, 1.165) is 0 Å². The van der Waals surface area contributed by atoms with Crippen LogP contribution in [0, 0.1) is 33.3 Å². The molecular formula is C9H9CrNO5. The van der Waals surface area contributed by atoms with Gasteiger partial charge >= 0.3 is 103 Å². The van der Waals surface area contributed by atoms with E-state index in [1.165, 1.54) is 4.50 Å². The first-order valence-electron chi connectivity index (χ1n) is 2.84. The molecule has 0 heterocycles. The van der Waals surface area contributed by atoms with E-state index in [-0.39, 0.29) is 0 Å². The van der Waals surface area contributed by atoms with E-state index < -0.39 is 0 Å². The van der Waals surface area contributed by atoms with E-state index in [4.69, 9.17) is 23.3 Å². The molecule has 86 valence electrons. The van der Waals surface area contributed by atoms with Crippen LogP contribution in [0.25, 0.3) is 0 Å². The Morgan fingerprint density at radius 1 is 0.750 bits per heavy atom. The fourth-order valence-electron chi connectivity index (χ4n) is 0. The van der Waals surface area contributed by atoms with Crippen molar-refractivity contribution in [3.63, 3.8) is 0 Å². The second kappa shape index (κ2) is 93.6. The summed E-state index contributed by atoms with van der Waals surface area (Å²) in [5.74, 6) is 0. The van der Waals surface area contributed by atoms with Crippen molar-refractivity contribution in [1.82, 2.24) is 4.90 Å². The summed E-state index contributed by atoms with van der Waals surface area (Å²) in [7, 11) is 4.01. The standard InChI is InChI=1S/C4H9N.5CO.Cr/c1-4-5(2)3;5*1-2;/h1-3H3;;;;;;. The van der Waals surface area contributed by atoms with Crippen molar-refractivity contribution in [3.05, 3.63) is 33.3 Å². The molecule has 0 saturated carbocycles. The first-order valence-corrected chi connectivity index (χ1v) is 3.48. The molecule has 6 nitrogen and oxygen atoms in total. The fourth-order valence-corrected chi connectivity index (χ4v) is 0. The number of rotatable bonds is 1. The van der Waals surface area contributed by atoms with Crippen molar-refractivity contribution in [2.24, 2.45) is 0 Å². The predicted molar refractivity (Wildman–Crippen MR) is 44.0 cm³/mol. The Kier molecular flexibility index (Phi) is 212. The zero-order valence-corrected chi connectivity index (χ0v) is 10.2. The van der Waals surface area contributed by atoms with Crippen molar-refractivity contribution < 1.29 is 39.1 Å². The van der Waals surface area contributed by atoms with Gasteiger partial charge in [0.25, 0.3) is 0 Å². The Morgan fingerprint density at radius 2 is 0.812 bits per heavy atom. The summed E-state index contributed by atoms with van der Waals surface area (Å²) in [6, 6.07) is 0. The Hall–Kier alpha value is -0.938. The van der Waals surface area contributed by atoms with Gasteiger partial charge in [0, 0.05) is 0 Å². The molecule has 0 unspecified atom stereocenters. The molecule has 0 rings (SSSR count). The van der Waals surface area contributed by atoms with Gasteiger partial charge in [-0.3, -0.25) is 0 Å². The van der Waals surface area contributed by atoms with Crippen molar-refractivity contribution in [3.8, 4) is 0 Å². The molecule has 0 fully saturated rings. The first kappa shape index (κ1) is 36.3. The maximum atomic E-state index is 7.50. The van der Waals surface area contributed by atoms with Gasteiger partial charge in [-0.1, -0.05) is 0 Å². The van der Waals surface area contributed by atoms with Crippen molar-refractivity contribution in [1.29, 1.82) is 0 Å². The fraction of sp³-hybridized carbons (Fsp3) is 0.333. The molecule has 0 saturated heterocycles. The molecule has 0 spiro atoms. The molecular weight excluding hydrogens is 254 g/mol. The Morgan fingerprint density at radius 3 is 0.812 bits per heavy atom. The average Bonchev–Trinajstić information content (AvgIpc) is 2.41. The summed E-state index contributed by atoms with van der Waals surface area (Å²) >= 11 is 2.88. The van der Waals surface area contributed by atoms with Gasteiger partial charge in [0.15, 0.2) is 0 Å². The van der Waals surface area contributed by atoms with Crippen LogP contribution in [-0.4, -0.2) is 23.5 Å². The van der Waals surface area contributed by atoms with E-state index in [1.807, 2.05) is 25.9 Å². The van der Waals surface area contributed by atoms with Gasteiger partial charge in [-0.2, -0.15) is 0 Å². The third kappa shape index (κ3) is 203. The molecule has 0 aliphatic carbocycles. The van der Waals surface area contributed by atoms with Gasteiger partial charge in [0.1, 0.15) is 0 Å². The molecule has 0 aliphatic heterocycles. The van der Waals surface area contributed by atoms with Gasteiger partial charge in [0.2, 0.25) is 0 Å². The number of nitrogens with zero attached hydrogens (tertiary/aromatic N) is 1. The Bertz CT molecular complexity index is 179. The van der Waals surface area contributed by atoms with Gasteiger partial charge in [-0.25, -0.2) is 0 Å². The van der Waals surface area contributed by atoms with Crippen LogP contribution in [0.15, 0.2) is 0 Å². The van der Waals surface area contributed by atoms with Crippen LogP contribution in [0.2, 0.25) is 0 Å². The summed E-state index contributed by atoms with van der Waals surface area (Å²) in [6.45, 7) is 24.5. The molecule has 16 heavy (non-hydrogen) atoms. The number of hydrogen-bond acceptors (Lipinski definition) is 1. The molecule has 0 aliphatic rings. The van der Waals surface area contributed by atoms with Crippen molar-refractivity contribution >= 4 is 4.50 Å². The summed E-state index contributed by atoms with van der Waals surface area (Å²) < 4.78 is 38.7. The van der Waals surface area contributed by atoms with Crippen LogP contribution in [-0.2, 0) is 39.1 Å². The molecule has 0 radical (unpaired) electrons. The van der Waals surface area contributed by atoms with E-state index in [1.54, 1.807) is 0 Å². The zero-order valence-electron chi connectivity index (χ0n) is 8.90. The quantitative estimate of drug-likeness (QED) is 0.484. The molecule has 0 aromatic heterocycles. The first-order chi connectivity index (χ1) is 7.64. The SMILES string of the molecule is C[C](=[Cr])N(C)C.[C-]#[O+].[C-]#[O+].[C-]#[O+].[C-]#[O+].[C-]#[O+]. The van der Waals surface area contributed by atoms with Gasteiger partial charge < -0.3 is 0 Å². The monoisotopic (exact) mass is 263 g/mol. The summed E-state index contributed by atoms with van der Waals surface area (Å²) in [4.78, 5) is 2.03. The van der Waals surface area contributed by atoms with Crippen LogP contribution >= 0.6 is 0 Å². The van der Waals surface area contributed by atoms with Gasteiger partial charge in [0.05, 0.1) is 0 Å². The molecule has 0 aromatic rings. The predicted octanol–water partition coefficient (Wildman–Crippen LogP) is 0.0571.